The van der Waals surface area contributed by atoms with Crippen LogP contribution in [0.25, 0.3) is 66.2 Å². The number of rotatable bonds is 16. The third-order valence-electron chi connectivity index (χ3n) is 24.2. The Bertz CT molecular complexity index is 6150. The van der Waals surface area contributed by atoms with Crippen molar-refractivity contribution in [1.29, 1.82) is 10.5 Å². The number of nitriles is 2. The number of nitrogens with zero attached hydrogens (tertiary/aromatic N) is 8. The zero-order chi connectivity index (χ0) is 86.0. The van der Waals surface area contributed by atoms with Gasteiger partial charge >= 0.3 is 13.7 Å². The topological polar surface area (TPSA) is 89.7 Å². The quantitative estimate of drug-likeness (QED) is 0.0896. The third kappa shape index (κ3) is 16.3. The van der Waals surface area contributed by atoms with Crippen LogP contribution in [0.4, 0.5) is 34.1 Å². The minimum Gasteiger partial charge on any atom is -0.374 e. The van der Waals surface area contributed by atoms with Gasteiger partial charge in [0, 0.05) is 67.1 Å². The van der Waals surface area contributed by atoms with Crippen LogP contribution in [0, 0.1) is 22.7 Å². The molecule has 16 rings (SSSR count). The molecule has 0 fully saturated rings. The van der Waals surface area contributed by atoms with Gasteiger partial charge in [-0.2, -0.15) is 10.5 Å². The van der Waals surface area contributed by atoms with Crippen LogP contribution in [0.3, 0.4) is 0 Å². The molecule has 0 atom stereocenters. The van der Waals surface area contributed by atoms with Crippen molar-refractivity contribution in [3.05, 3.63) is 383 Å². The van der Waals surface area contributed by atoms with Gasteiger partial charge in [0.2, 0.25) is 0 Å². The molecular formula is C112H108B2N8. The van der Waals surface area contributed by atoms with E-state index in [9.17, 15) is 10.5 Å². The average molecular weight is 1590 g/mol. The monoisotopic (exact) mass is 1590 g/mol. The predicted octanol–water partition coefficient (Wildman–Crippen LogP) is 24.4. The first-order valence-corrected chi connectivity index (χ1v) is 42.9. The fraction of sp³-hybridized carbons (Fsp3) is 0.214. The molecule has 0 unspecified atom stereocenters. The van der Waals surface area contributed by atoms with Gasteiger partial charge in [0.1, 0.15) is 23.3 Å². The van der Waals surface area contributed by atoms with Crippen molar-refractivity contribution in [2.24, 2.45) is 0 Å². The largest absolute Gasteiger partial charge is 0.374 e. The normalized spacial score (nSPS) is 12.8. The lowest BCUT2D eigenvalue weighted by Gasteiger charge is -2.28. The van der Waals surface area contributed by atoms with Gasteiger partial charge in [0.25, 0.3) is 0 Å². The lowest BCUT2D eigenvalue weighted by molar-refractivity contribution is 0.590. The van der Waals surface area contributed by atoms with E-state index in [1.807, 2.05) is 12.1 Å². The summed E-state index contributed by atoms with van der Waals surface area (Å²) in [6.45, 7) is 39.3. The minimum atomic E-state index is -0.633. The van der Waals surface area contributed by atoms with Crippen LogP contribution in [0.15, 0.2) is 328 Å². The van der Waals surface area contributed by atoms with Gasteiger partial charge in [-0.15, -0.1) is 0 Å². The molecule has 8 nitrogen and oxygen atoms in total. The van der Waals surface area contributed by atoms with Crippen molar-refractivity contribution in [3.63, 3.8) is 0 Å². The van der Waals surface area contributed by atoms with E-state index in [-0.39, 0.29) is 32.5 Å². The first-order valence-electron chi connectivity index (χ1n) is 42.9. The lowest BCUT2D eigenvalue weighted by atomic mass is 9.50. The number of pyridine rings is 2. The number of hydrogen-bond acceptors (Lipinski definition) is 6. The summed E-state index contributed by atoms with van der Waals surface area (Å²) in [4.78, 5) is 16.1. The molecule has 0 spiro atoms. The van der Waals surface area contributed by atoms with Gasteiger partial charge in [-0.1, -0.05) is 365 Å². The fourth-order valence-corrected chi connectivity index (χ4v) is 17.3. The molecule has 0 aliphatic heterocycles. The van der Waals surface area contributed by atoms with Crippen molar-refractivity contribution >= 4 is 113 Å². The molecule has 0 radical (unpaired) electrons. The maximum absolute atomic E-state index is 13.2. The molecule has 0 aliphatic rings. The Morgan fingerprint density at radius 1 is 0.270 bits per heavy atom. The van der Waals surface area contributed by atoms with E-state index in [1.54, 1.807) is 0 Å². The highest BCUT2D eigenvalue weighted by Crippen LogP contribution is 2.44. The second-order valence-electron chi connectivity index (χ2n) is 39.0. The van der Waals surface area contributed by atoms with Crippen molar-refractivity contribution in [1.82, 2.24) is 18.9 Å². The van der Waals surface area contributed by atoms with Gasteiger partial charge in [0.15, 0.2) is 0 Å². The zero-order valence-electron chi connectivity index (χ0n) is 73.9. The molecule has 10 heteroatoms. The second kappa shape index (κ2) is 32.4. The van der Waals surface area contributed by atoms with E-state index < -0.39 is 13.7 Å². The standard InChI is InChI=1S/C112H108B2N8/c1-107(2,3)79-45-59-91(60-46-79)119(92-61-47-80(48-62-92)108(4,5)6)89-55-39-75(40-56-89)103-101-102(106(121(103)113(85-31-23-19-24-32-85)86-33-25-20-26-34-86)96(74-116)100-68-44-78-72-84(112(16,17)18)54-70-98(78)118-100)104(76-41-57-90(58-42-76)120(93-63-49-81(50-64-93)109(7,8)9)94-65-51-82(52-66-94)110(10,11)12)122(114(87-35-27-21-28-36-87)88-37-29-22-30-38-88)105(101)95(73-115)99-67-43-77-71-83(111(13,14)15)53-69-97(77)117-99/h19-72H,1-18H3/b105-95-,106-96+. The van der Waals surface area contributed by atoms with Gasteiger partial charge in [-0.25, -0.2) is 9.97 Å². The summed E-state index contributed by atoms with van der Waals surface area (Å²) in [5.74, 6) is 0. The van der Waals surface area contributed by atoms with Crippen LogP contribution >= 0.6 is 0 Å². The Kier molecular flexibility index (Phi) is 21.9. The van der Waals surface area contributed by atoms with E-state index in [4.69, 9.17) is 9.97 Å². The molecule has 4 heterocycles. The predicted molar refractivity (Wildman–Crippen MR) is 518 cm³/mol. The molecule has 12 aromatic carbocycles. The van der Waals surface area contributed by atoms with E-state index in [2.05, 4.69) is 471 Å². The summed E-state index contributed by atoms with van der Waals surface area (Å²) < 4.78 is 4.89. The number of fused-ring (bicyclic) bond motifs is 3. The molecule has 602 valence electrons. The molecule has 0 N–H and O–H groups in total. The Morgan fingerprint density at radius 3 is 0.730 bits per heavy atom. The van der Waals surface area contributed by atoms with Crippen LogP contribution < -0.4 is 42.3 Å². The first-order chi connectivity index (χ1) is 58.2. The highest BCUT2D eigenvalue weighted by atomic mass is 15.1. The van der Waals surface area contributed by atoms with Crippen LogP contribution in [-0.2, 0) is 32.5 Å². The smallest absolute Gasteiger partial charge is 0.328 e. The molecule has 16 aromatic rings. The van der Waals surface area contributed by atoms with E-state index in [0.717, 1.165) is 111 Å². The summed E-state index contributed by atoms with van der Waals surface area (Å²) in [7, 11) is 0. The summed E-state index contributed by atoms with van der Waals surface area (Å²) in [5.41, 5.74) is 23.0. The minimum absolute atomic E-state index is 0.0776. The van der Waals surface area contributed by atoms with Crippen LogP contribution in [0.1, 0.15) is 169 Å². The number of benzene rings is 12. The van der Waals surface area contributed by atoms with Crippen molar-refractivity contribution in [2.45, 2.75) is 157 Å². The van der Waals surface area contributed by atoms with E-state index >= 15 is 0 Å². The Hall–Kier alpha value is -13.3. The summed E-state index contributed by atoms with van der Waals surface area (Å²) in [6, 6.07) is 124. The van der Waals surface area contributed by atoms with Gasteiger partial charge < -0.3 is 18.8 Å². The second-order valence-corrected chi connectivity index (χ2v) is 39.0. The van der Waals surface area contributed by atoms with Crippen molar-refractivity contribution < 1.29 is 0 Å². The molecule has 122 heavy (non-hydrogen) atoms. The molecule has 0 saturated carbocycles. The summed E-state index contributed by atoms with van der Waals surface area (Å²) in [5, 5.41) is 31.1. The first kappa shape index (κ1) is 82.4. The van der Waals surface area contributed by atoms with Gasteiger partial charge in [-0.05, 0) is 186 Å². The average Bonchev–Trinajstić information content (AvgIpc) is 1.52. The fourth-order valence-electron chi connectivity index (χ4n) is 17.3. The van der Waals surface area contributed by atoms with Crippen molar-refractivity contribution in [2.75, 3.05) is 9.80 Å². The Labute approximate surface area is 722 Å². The van der Waals surface area contributed by atoms with Gasteiger partial charge in [-0.3, -0.25) is 0 Å². The number of aromatic nitrogens is 4. The van der Waals surface area contributed by atoms with Gasteiger partial charge in [0.05, 0.1) is 33.1 Å². The molecule has 0 bridgehead atoms. The molecular weight excluding hydrogens is 1480 g/mol. The molecule has 0 aliphatic carbocycles. The Morgan fingerprint density at radius 2 is 0.500 bits per heavy atom. The lowest BCUT2D eigenvalue weighted by Crippen LogP contribution is -2.54. The molecule has 4 aromatic heterocycles. The maximum Gasteiger partial charge on any atom is 0.328 e. The Balaban J connectivity index is 1.14. The van der Waals surface area contributed by atoms with E-state index in [1.165, 1.54) is 33.4 Å². The third-order valence-corrected chi connectivity index (χ3v) is 24.2. The van der Waals surface area contributed by atoms with Crippen LogP contribution in [0.2, 0.25) is 0 Å². The van der Waals surface area contributed by atoms with Crippen LogP contribution in [0.5, 0.6) is 0 Å². The van der Waals surface area contributed by atoms with E-state index in [0.29, 0.717) is 33.2 Å². The highest BCUT2D eigenvalue weighted by molar-refractivity contribution is 6.85. The van der Waals surface area contributed by atoms with Crippen LogP contribution in [-0.4, -0.2) is 32.6 Å². The number of anilines is 6. The summed E-state index contributed by atoms with van der Waals surface area (Å²) >= 11 is 0. The number of hydrogen-bond donors (Lipinski definition) is 0. The van der Waals surface area contributed by atoms with Crippen molar-refractivity contribution in [3.8, 4) is 34.7 Å². The molecule has 0 saturated heterocycles. The molecule has 0 amide bonds. The summed E-state index contributed by atoms with van der Waals surface area (Å²) in [6.07, 6.45) is 0. The highest BCUT2D eigenvalue weighted by Gasteiger charge is 2.39. The maximum atomic E-state index is 13.2. The SMILES string of the molecule is CC(C)(C)c1ccc(N(c2ccc(-c3c4/c(=C(\C#N)c5ccc6cc(C(C)(C)C)ccc6n5)n(B(c5ccccc5)c5ccccc5)c(-c5ccc(N(c6ccc(C(C)(C)C)cc6)c6ccc(C(C)(C)C)cc6)cc5)c4/c(=C(/C#N)c4ccc5cc(C(C)(C)C)ccc5n4)n3B(c3ccccc3)c3ccccc3)cc2)c2ccc(C(C)(C)C)cc2)cc1. The zero-order valence-corrected chi connectivity index (χ0v) is 73.9.